The molecule has 2 aromatic heterocycles. The second-order valence-electron chi connectivity index (χ2n) is 7.02. The molecule has 0 aliphatic heterocycles. The van der Waals surface area contributed by atoms with Gasteiger partial charge in [-0.05, 0) is 36.8 Å². The zero-order chi connectivity index (χ0) is 22.0. The molecule has 1 amide bonds. The van der Waals surface area contributed by atoms with E-state index >= 15 is 0 Å². The quantitative estimate of drug-likeness (QED) is 0.445. The van der Waals surface area contributed by atoms with Crippen molar-refractivity contribution >= 4 is 28.8 Å². The van der Waals surface area contributed by atoms with E-state index in [1.54, 1.807) is 13.3 Å². The minimum Gasteiger partial charge on any atom is -0.497 e. The van der Waals surface area contributed by atoms with E-state index in [1.807, 2.05) is 73.3 Å². The lowest BCUT2D eigenvalue weighted by Crippen LogP contribution is -2.31. The Balaban J connectivity index is 1.66. The highest BCUT2D eigenvalue weighted by Gasteiger charge is 2.24. The molecule has 0 bridgehead atoms. The molecule has 1 N–H and O–H groups in total. The third-order valence-corrected chi connectivity index (χ3v) is 6.36. The molecular weight excluding hydrogens is 432 g/mol. The highest BCUT2D eigenvalue weighted by molar-refractivity contribution is 7.17. The van der Waals surface area contributed by atoms with Crippen LogP contribution in [0.15, 0.2) is 60.9 Å². The summed E-state index contributed by atoms with van der Waals surface area (Å²) in [4.78, 5) is 22.9. The lowest BCUT2D eigenvalue weighted by Gasteiger charge is -2.19. The van der Waals surface area contributed by atoms with E-state index in [1.165, 1.54) is 11.3 Å². The average molecular weight is 453 g/mol. The van der Waals surface area contributed by atoms with Gasteiger partial charge in [0.15, 0.2) is 0 Å². The molecule has 2 aromatic carbocycles. The number of halogens is 1. The molecule has 31 heavy (non-hydrogen) atoms. The predicted octanol–water partition coefficient (Wildman–Crippen LogP) is 5.03. The van der Waals surface area contributed by atoms with Gasteiger partial charge in [0.25, 0.3) is 5.91 Å². The first-order valence-corrected chi connectivity index (χ1v) is 10.8. The first-order valence-electron chi connectivity index (χ1n) is 9.61. The standard InChI is InChI=1S/C23H21ClN4O2S/c1-14-20(31-23(26-14)16-5-4-6-17(24)13-16)22(29)27-19(21-25-11-12-28(21)2)15-7-9-18(30-3)10-8-15/h4-13,19H,1-3H3,(H,27,29). The Morgan fingerprint density at radius 1 is 1.23 bits per heavy atom. The Morgan fingerprint density at radius 2 is 2.00 bits per heavy atom. The van der Waals surface area contributed by atoms with Gasteiger partial charge in [-0.3, -0.25) is 4.79 Å². The van der Waals surface area contributed by atoms with Crippen LogP contribution in [0.4, 0.5) is 0 Å². The topological polar surface area (TPSA) is 69.0 Å². The first-order chi connectivity index (χ1) is 15.0. The van der Waals surface area contributed by atoms with Crippen LogP contribution in [0, 0.1) is 6.92 Å². The fourth-order valence-corrected chi connectivity index (χ4v) is 4.45. The zero-order valence-electron chi connectivity index (χ0n) is 17.3. The SMILES string of the molecule is COc1ccc(C(NC(=O)c2sc(-c3cccc(Cl)c3)nc2C)c2nccn2C)cc1. The monoisotopic (exact) mass is 452 g/mol. The normalized spacial score (nSPS) is 11.9. The number of nitrogens with one attached hydrogen (secondary N) is 1. The molecule has 6 nitrogen and oxygen atoms in total. The van der Waals surface area contributed by atoms with Gasteiger partial charge in [-0.2, -0.15) is 0 Å². The van der Waals surface area contributed by atoms with Gasteiger partial charge in [0.2, 0.25) is 0 Å². The van der Waals surface area contributed by atoms with Gasteiger partial charge in [0.05, 0.1) is 12.8 Å². The number of methoxy groups -OCH3 is 1. The van der Waals surface area contributed by atoms with Crippen LogP contribution in [0.3, 0.4) is 0 Å². The second-order valence-corrected chi connectivity index (χ2v) is 8.46. The fourth-order valence-electron chi connectivity index (χ4n) is 3.30. The van der Waals surface area contributed by atoms with E-state index in [0.717, 1.165) is 27.7 Å². The number of benzene rings is 2. The largest absolute Gasteiger partial charge is 0.497 e. The molecule has 0 aliphatic rings. The van der Waals surface area contributed by atoms with Gasteiger partial charge < -0.3 is 14.6 Å². The molecule has 4 aromatic rings. The maximum atomic E-state index is 13.3. The molecule has 1 atom stereocenters. The van der Waals surface area contributed by atoms with Gasteiger partial charge in [-0.15, -0.1) is 11.3 Å². The molecule has 8 heteroatoms. The van der Waals surface area contributed by atoms with Crippen molar-refractivity contribution in [3.63, 3.8) is 0 Å². The summed E-state index contributed by atoms with van der Waals surface area (Å²) >= 11 is 7.46. The van der Waals surface area contributed by atoms with Crippen LogP contribution in [0.25, 0.3) is 10.6 Å². The summed E-state index contributed by atoms with van der Waals surface area (Å²) in [7, 11) is 3.53. The van der Waals surface area contributed by atoms with Crippen molar-refractivity contribution in [1.29, 1.82) is 0 Å². The fraction of sp³-hybridized carbons (Fsp3) is 0.174. The highest BCUT2D eigenvalue weighted by atomic mass is 35.5. The number of hydrogen-bond donors (Lipinski definition) is 1. The molecule has 158 valence electrons. The smallest absolute Gasteiger partial charge is 0.264 e. The van der Waals surface area contributed by atoms with Gasteiger partial charge in [-0.1, -0.05) is 35.9 Å². The molecule has 4 rings (SSSR count). The summed E-state index contributed by atoms with van der Waals surface area (Å²) in [6.45, 7) is 1.84. The van der Waals surface area contributed by atoms with Crippen molar-refractivity contribution in [3.8, 4) is 16.3 Å². The molecule has 0 saturated carbocycles. The van der Waals surface area contributed by atoms with E-state index in [2.05, 4.69) is 15.3 Å². The Hall–Kier alpha value is -3.16. The van der Waals surface area contributed by atoms with E-state index in [0.29, 0.717) is 15.6 Å². The molecule has 0 spiro atoms. The van der Waals surface area contributed by atoms with Crippen molar-refractivity contribution in [2.45, 2.75) is 13.0 Å². The third kappa shape index (κ3) is 4.47. The summed E-state index contributed by atoms with van der Waals surface area (Å²) < 4.78 is 7.15. The van der Waals surface area contributed by atoms with Crippen LogP contribution >= 0.6 is 22.9 Å². The Morgan fingerprint density at radius 3 is 2.65 bits per heavy atom. The van der Waals surface area contributed by atoms with Crippen molar-refractivity contribution < 1.29 is 9.53 Å². The Kier molecular flexibility index (Phi) is 6.06. The van der Waals surface area contributed by atoms with Crippen LogP contribution in [-0.4, -0.2) is 27.6 Å². The molecule has 0 fully saturated rings. The number of aromatic nitrogens is 3. The molecule has 0 aliphatic carbocycles. The summed E-state index contributed by atoms with van der Waals surface area (Å²) in [6.07, 6.45) is 3.57. The Bertz CT molecular complexity index is 1220. The van der Waals surface area contributed by atoms with E-state index < -0.39 is 6.04 Å². The van der Waals surface area contributed by atoms with Crippen molar-refractivity contribution in [2.75, 3.05) is 7.11 Å². The predicted molar refractivity (Wildman–Crippen MR) is 123 cm³/mol. The number of carbonyl (C=O) groups excluding carboxylic acids is 1. The number of nitrogens with zero attached hydrogens (tertiary/aromatic N) is 3. The molecule has 0 saturated heterocycles. The number of hydrogen-bond acceptors (Lipinski definition) is 5. The molecule has 2 heterocycles. The average Bonchev–Trinajstić information content (AvgIpc) is 3.37. The second kappa shape index (κ2) is 8.91. The highest BCUT2D eigenvalue weighted by Crippen LogP contribution is 2.30. The number of ether oxygens (including phenoxy) is 1. The summed E-state index contributed by atoms with van der Waals surface area (Å²) in [5.41, 5.74) is 2.46. The minimum atomic E-state index is -0.422. The lowest BCUT2D eigenvalue weighted by molar-refractivity contribution is 0.0944. The zero-order valence-corrected chi connectivity index (χ0v) is 18.9. The third-order valence-electron chi connectivity index (χ3n) is 4.92. The van der Waals surface area contributed by atoms with Gasteiger partial charge in [0.1, 0.15) is 27.5 Å². The lowest BCUT2D eigenvalue weighted by atomic mass is 10.1. The van der Waals surface area contributed by atoms with Crippen molar-refractivity contribution in [1.82, 2.24) is 19.9 Å². The number of rotatable bonds is 6. The first kappa shape index (κ1) is 21.1. The number of imidazole rings is 1. The van der Waals surface area contributed by atoms with Gasteiger partial charge in [0, 0.05) is 30.0 Å². The molecule has 0 radical (unpaired) electrons. The summed E-state index contributed by atoms with van der Waals surface area (Å²) in [6, 6.07) is 14.6. The maximum Gasteiger partial charge on any atom is 0.264 e. The van der Waals surface area contributed by atoms with Crippen LogP contribution < -0.4 is 10.1 Å². The summed E-state index contributed by atoms with van der Waals surface area (Å²) in [5.74, 6) is 1.28. The number of carbonyl (C=O) groups is 1. The summed E-state index contributed by atoms with van der Waals surface area (Å²) in [5, 5.41) is 4.51. The molecular formula is C23H21ClN4O2S. The van der Waals surface area contributed by atoms with Crippen LogP contribution in [0.2, 0.25) is 5.02 Å². The van der Waals surface area contributed by atoms with E-state index in [9.17, 15) is 4.79 Å². The van der Waals surface area contributed by atoms with E-state index in [4.69, 9.17) is 16.3 Å². The van der Waals surface area contributed by atoms with Crippen LogP contribution in [0.5, 0.6) is 5.75 Å². The number of amides is 1. The van der Waals surface area contributed by atoms with Gasteiger partial charge in [-0.25, -0.2) is 9.97 Å². The van der Waals surface area contributed by atoms with Gasteiger partial charge >= 0.3 is 0 Å². The maximum absolute atomic E-state index is 13.3. The Labute approximate surface area is 189 Å². The van der Waals surface area contributed by atoms with Crippen LogP contribution in [0.1, 0.15) is 32.8 Å². The number of aryl methyl sites for hydroxylation is 2. The van der Waals surface area contributed by atoms with E-state index in [-0.39, 0.29) is 5.91 Å². The van der Waals surface area contributed by atoms with Crippen molar-refractivity contribution in [2.24, 2.45) is 7.05 Å². The molecule has 1 unspecified atom stereocenters. The minimum absolute atomic E-state index is 0.202. The van der Waals surface area contributed by atoms with Crippen molar-refractivity contribution in [3.05, 3.63) is 87.9 Å². The number of thiazole rings is 1. The van der Waals surface area contributed by atoms with Crippen LogP contribution in [-0.2, 0) is 7.05 Å².